The summed E-state index contributed by atoms with van der Waals surface area (Å²) in [6.07, 6.45) is 1.43. The van der Waals surface area contributed by atoms with Gasteiger partial charge >= 0.3 is 0 Å². The van der Waals surface area contributed by atoms with Gasteiger partial charge in [-0.1, -0.05) is 41.6 Å². The Labute approximate surface area is 138 Å². The summed E-state index contributed by atoms with van der Waals surface area (Å²) in [5, 5.41) is 9.67. The van der Waals surface area contributed by atoms with E-state index in [1.54, 1.807) is 4.90 Å². The van der Waals surface area contributed by atoms with Crippen LogP contribution in [0.15, 0.2) is 48.7 Å². The van der Waals surface area contributed by atoms with Gasteiger partial charge in [-0.05, 0) is 18.4 Å². The Morgan fingerprint density at radius 3 is 2.67 bits per heavy atom. The highest BCUT2D eigenvalue weighted by molar-refractivity contribution is 6.09. The van der Waals surface area contributed by atoms with Crippen molar-refractivity contribution < 1.29 is 9.59 Å². The second-order valence-corrected chi connectivity index (χ2v) is 5.32. The van der Waals surface area contributed by atoms with Gasteiger partial charge in [-0.2, -0.15) is 0 Å². The van der Waals surface area contributed by atoms with E-state index in [0.717, 1.165) is 16.5 Å². The van der Waals surface area contributed by atoms with Crippen LogP contribution >= 0.6 is 0 Å². The lowest BCUT2D eigenvalue weighted by molar-refractivity contribution is -0.118. The number of carbonyl (C=O) groups is 2. The number of amides is 2. The molecule has 2 aromatic carbocycles. The van der Waals surface area contributed by atoms with E-state index in [-0.39, 0.29) is 18.1 Å². The molecule has 122 valence electrons. The summed E-state index contributed by atoms with van der Waals surface area (Å²) in [5.74, 6) is -0.815. The molecule has 0 saturated carbocycles. The van der Waals surface area contributed by atoms with Crippen molar-refractivity contribution in [2.24, 2.45) is 5.73 Å². The third-order valence-corrected chi connectivity index (χ3v) is 3.69. The van der Waals surface area contributed by atoms with E-state index in [1.807, 2.05) is 49.4 Å². The minimum atomic E-state index is -0.541. The average Bonchev–Trinajstić information content (AvgIpc) is 3.03. The third-order valence-electron chi connectivity index (χ3n) is 3.69. The van der Waals surface area contributed by atoms with Gasteiger partial charge in [-0.25, -0.2) is 4.68 Å². The fourth-order valence-corrected chi connectivity index (χ4v) is 2.64. The van der Waals surface area contributed by atoms with E-state index < -0.39 is 5.91 Å². The Balaban J connectivity index is 1.97. The monoisotopic (exact) mass is 323 g/mol. The van der Waals surface area contributed by atoms with E-state index in [0.29, 0.717) is 6.54 Å². The molecule has 0 fully saturated rings. The fourth-order valence-electron chi connectivity index (χ4n) is 2.64. The summed E-state index contributed by atoms with van der Waals surface area (Å²) >= 11 is 0. The minimum absolute atomic E-state index is 0.110. The summed E-state index contributed by atoms with van der Waals surface area (Å²) in [4.78, 5) is 25.4. The normalized spacial score (nSPS) is 10.7. The highest BCUT2D eigenvalue weighted by Crippen LogP contribution is 2.27. The SMILES string of the molecule is CCN(C(=O)c1cn(CC(N)=O)nn1)c1cccc2ccccc12. The number of nitrogens with two attached hydrogens (primary N) is 1. The molecule has 0 unspecified atom stereocenters. The number of aromatic nitrogens is 3. The molecule has 0 saturated heterocycles. The zero-order valence-corrected chi connectivity index (χ0v) is 13.2. The molecule has 0 radical (unpaired) electrons. The first-order chi connectivity index (χ1) is 11.6. The largest absolute Gasteiger partial charge is 0.368 e. The maximum absolute atomic E-state index is 12.8. The fraction of sp³-hybridized carbons (Fsp3) is 0.176. The number of hydrogen-bond donors (Lipinski definition) is 1. The highest BCUT2D eigenvalue weighted by atomic mass is 16.2. The summed E-state index contributed by atoms with van der Waals surface area (Å²) < 4.78 is 1.26. The van der Waals surface area contributed by atoms with Gasteiger partial charge in [0.25, 0.3) is 5.91 Å². The van der Waals surface area contributed by atoms with Crippen molar-refractivity contribution >= 4 is 28.3 Å². The van der Waals surface area contributed by atoms with Crippen molar-refractivity contribution in [2.45, 2.75) is 13.5 Å². The highest BCUT2D eigenvalue weighted by Gasteiger charge is 2.21. The summed E-state index contributed by atoms with van der Waals surface area (Å²) in [6, 6.07) is 13.7. The summed E-state index contributed by atoms with van der Waals surface area (Å²) in [7, 11) is 0. The van der Waals surface area contributed by atoms with Crippen molar-refractivity contribution in [3.8, 4) is 0 Å². The van der Waals surface area contributed by atoms with E-state index in [9.17, 15) is 9.59 Å². The maximum atomic E-state index is 12.8. The number of anilines is 1. The van der Waals surface area contributed by atoms with Gasteiger partial charge in [0.2, 0.25) is 5.91 Å². The number of nitrogens with zero attached hydrogens (tertiary/aromatic N) is 4. The molecule has 7 nitrogen and oxygen atoms in total. The van der Waals surface area contributed by atoms with E-state index in [1.165, 1.54) is 10.9 Å². The van der Waals surface area contributed by atoms with E-state index >= 15 is 0 Å². The van der Waals surface area contributed by atoms with Crippen molar-refractivity contribution in [3.05, 3.63) is 54.4 Å². The first-order valence-corrected chi connectivity index (χ1v) is 7.58. The van der Waals surface area contributed by atoms with Crippen LogP contribution < -0.4 is 10.6 Å². The van der Waals surface area contributed by atoms with Crippen molar-refractivity contribution in [1.82, 2.24) is 15.0 Å². The van der Waals surface area contributed by atoms with Crippen molar-refractivity contribution in [2.75, 3.05) is 11.4 Å². The average molecular weight is 323 g/mol. The number of benzene rings is 2. The van der Waals surface area contributed by atoms with Crippen LogP contribution in [0, 0.1) is 0 Å². The van der Waals surface area contributed by atoms with Crippen molar-refractivity contribution in [1.29, 1.82) is 0 Å². The standard InChI is InChI=1S/C17H17N5O2/c1-2-22(15-9-5-7-12-6-3-4-8-13(12)15)17(24)14-10-21(20-19-14)11-16(18)23/h3-10H,2,11H2,1H3,(H2,18,23). The van der Waals surface area contributed by atoms with E-state index in [4.69, 9.17) is 5.73 Å². The number of hydrogen-bond acceptors (Lipinski definition) is 4. The van der Waals surface area contributed by atoms with Crippen LogP contribution in [0.2, 0.25) is 0 Å². The molecule has 0 spiro atoms. The minimum Gasteiger partial charge on any atom is -0.368 e. The number of rotatable bonds is 5. The van der Waals surface area contributed by atoms with Gasteiger partial charge in [-0.3, -0.25) is 9.59 Å². The van der Waals surface area contributed by atoms with Crippen LogP contribution in [0.3, 0.4) is 0 Å². The van der Waals surface area contributed by atoms with Crippen LogP contribution in [0.5, 0.6) is 0 Å². The molecule has 2 amide bonds. The Hall–Kier alpha value is -3.22. The lowest BCUT2D eigenvalue weighted by Gasteiger charge is -2.21. The Kier molecular flexibility index (Phi) is 4.24. The quantitative estimate of drug-likeness (QED) is 0.771. The second-order valence-electron chi connectivity index (χ2n) is 5.32. The predicted octanol–water partition coefficient (Wildman–Crippen LogP) is 1.58. The predicted molar refractivity (Wildman–Crippen MR) is 90.5 cm³/mol. The first kappa shape index (κ1) is 15.7. The van der Waals surface area contributed by atoms with Gasteiger partial charge in [0.1, 0.15) is 6.54 Å². The zero-order chi connectivity index (χ0) is 17.1. The van der Waals surface area contributed by atoms with Crippen LogP contribution in [-0.2, 0) is 11.3 Å². The van der Waals surface area contributed by atoms with Gasteiger partial charge in [0.15, 0.2) is 5.69 Å². The molecule has 0 bridgehead atoms. The lowest BCUT2D eigenvalue weighted by Crippen LogP contribution is -2.31. The Morgan fingerprint density at radius 2 is 1.92 bits per heavy atom. The second kappa shape index (κ2) is 6.49. The smallest absolute Gasteiger partial charge is 0.280 e. The number of fused-ring (bicyclic) bond motifs is 1. The zero-order valence-electron chi connectivity index (χ0n) is 13.2. The number of carbonyl (C=O) groups excluding carboxylic acids is 2. The van der Waals surface area contributed by atoms with Crippen LogP contribution in [0.1, 0.15) is 17.4 Å². The van der Waals surface area contributed by atoms with Crippen LogP contribution in [0.4, 0.5) is 5.69 Å². The van der Waals surface area contributed by atoms with E-state index in [2.05, 4.69) is 10.3 Å². The third kappa shape index (κ3) is 2.96. The van der Waals surface area contributed by atoms with Gasteiger partial charge < -0.3 is 10.6 Å². The lowest BCUT2D eigenvalue weighted by atomic mass is 10.1. The molecule has 7 heteroatoms. The molecular formula is C17H17N5O2. The molecule has 3 aromatic rings. The van der Waals surface area contributed by atoms with Crippen LogP contribution in [-0.4, -0.2) is 33.4 Å². The molecule has 1 aromatic heterocycles. The van der Waals surface area contributed by atoms with Crippen LogP contribution in [0.25, 0.3) is 10.8 Å². The maximum Gasteiger partial charge on any atom is 0.280 e. The van der Waals surface area contributed by atoms with Gasteiger partial charge in [0, 0.05) is 11.9 Å². The van der Waals surface area contributed by atoms with Crippen molar-refractivity contribution in [3.63, 3.8) is 0 Å². The molecule has 24 heavy (non-hydrogen) atoms. The van der Waals surface area contributed by atoms with Gasteiger partial charge in [-0.15, -0.1) is 5.10 Å². The molecule has 1 heterocycles. The topological polar surface area (TPSA) is 94.1 Å². The molecule has 0 aliphatic rings. The molecule has 2 N–H and O–H groups in total. The Morgan fingerprint density at radius 1 is 1.17 bits per heavy atom. The molecule has 0 aliphatic carbocycles. The molecule has 0 aliphatic heterocycles. The Bertz CT molecular complexity index is 897. The molecular weight excluding hydrogens is 306 g/mol. The summed E-state index contributed by atoms with van der Waals surface area (Å²) in [5.41, 5.74) is 6.11. The summed E-state index contributed by atoms with van der Waals surface area (Å²) in [6.45, 7) is 2.27. The molecule has 3 rings (SSSR count). The first-order valence-electron chi connectivity index (χ1n) is 7.58. The van der Waals surface area contributed by atoms with Gasteiger partial charge in [0.05, 0.1) is 11.9 Å². The number of primary amides is 1. The molecule has 0 atom stereocenters.